The largest absolute Gasteiger partial charge is 0.493 e. The van der Waals surface area contributed by atoms with Gasteiger partial charge in [-0.25, -0.2) is 0 Å². The molecule has 0 aliphatic rings. The molecule has 0 N–H and O–H groups in total. The Kier molecular flexibility index (Phi) is 4.99. The fourth-order valence-corrected chi connectivity index (χ4v) is 2.26. The molecule has 0 unspecified atom stereocenters. The summed E-state index contributed by atoms with van der Waals surface area (Å²) in [6, 6.07) is 11.3. The first kappa shape index (κ1) is 15.8. The van der Waals surface area contributed by atoms with Gasteiger partial charge in [-0.15, -0.1) is 0 Å². The highest BCUT2D eigenvalue weighted by molar-refractivity contribution is 6.07. The summed E-state index contributed by atoms with van der Waals surface area (Å²) < 4.78 is 10.4. The lowest BCUT2D eigenvalue weighted by molar-refractivity contribution is 0.104. The predicted octanol–water partition coefficient (Wildman–Crippen LogP) is 4.22. The lowest BCUT2D eigenvalue weighted by Gasteiger charge is -2.08. The number of allylic oxidation sites excluding steroid dienone is 1. The maximum Gasteiger partial charge on any atom is 0.185 e. The van der Waals surface area contributed by atoms with Gasteiger partial charge < -0.3 is 9.47 Å². The summed E-state index contributed by atoms with van der Waals surface area (Å²) in [5.41, 5.74) is 3.97. The molecule has 3 heteroatoms. The van der Waals surface area contributed by atoms with Crippen LogP contribution in [0.3, 0.4) is 0 Å². The molecule has 0 radical (unpaired) electrons. The van der Waals surface area contributed by atoms with Crippen molar-refractivity contribution in [2.24, 2.45) is 0 Å². The van der Waals surface area contributed by atoms with Gasteiger partial charge in [-0.2, -0.15) is 0 Å². The van der Waals surface area contributed by atoms with Crippen LogP contribution in [0.15, 0.2) is 42.5 Å². The van der Waals surface area contributed by atoms with Gasteiger partial charge in [-0.05, 0) is 49.2 Å². The Morgan fingerprint density at radius 1 is 0.955 bits per heavy atom. The molecule has 0 aromatic heterocycles. The molecular formula is C19H20O3. The quantitative estimate of drug-likeness (QED) is 0.612. The smallest absolute Gasteiger partial charge is 0.185 e. The van der Waals surface area contributed by atoms with Gasteiger partial charge in [-0.3, -0.25) is 4.79 Å². The molecule has 0 saturated carbocycles. The van der Waals surface area contributed by atoms with E-state index in [-0.39, 0.29) is 5.78 Å². The second kappa shape index (κ2) is 6.94. The molecule has 2 aromatic rings. The first-order valence-corrected chi connectivity index (χ1v) is 7.07. The van der Waals surface area contributed by atoms with E-state index < -0.39 is 0 Å². The highest BCUT2D eigenvalue weighted by Crippen LogP contribution is 2.27. The maximum absolute atomic E-state index is 12.3. The molecule has 2 aromatic carbocycles. The number of benzene rings is 2. The number of hydrogen-bond donors (Lipinski definition) is 0. The Hall–Kier alpha value is -2.55. The summed E-state index contributed by atoms with van der Waals surface area (Å²) in [6.45, 7) is 4.09. The zero-order chi connectivity index (χ0) is 16.1. The SMILES string of the molecule is COc1ccc(C(=O)/C=C\c2ccc(C)cc2C)cc1OC. The van der Waals surface area contributed by atoms with Crippen molar-refractivity contribution >= 4 is 11.9 Å². The monoisotopic (exact) mass is 296 g/mol. The number of ketones is 1. The van der Waals surface area contributed by atoms with Gasteiger partial charge in [0.15, 0.2) is 17.3 Å². The van der Waals surface area contributed by atoms with E-state index in [1.54, 1.807) is 38.5 Å². The lowest BCUT2D eigenvalue weighted by atomic mass is 10.0. The van der Waals surface area contributed by atoms with Gasteiger partial charge in [0.2, 0.25) is 0 Å². The molecular weight excluding hydrogens is 276 g/mol. The molecule has 0 heterocycles. The number of ether oxygens (including phenoxy) is 2. The molecule has 114 valence electrons. The van der Waals surface area contributed by atoms with E-state index >= 15 is 0 Å². The average molecular weight is 296 g/mol. The van der Waals surface area contributed by atoms with Crippen molar-refractivity contribution in [2.75, 3.05) is 14.2 Å². The fraction of sp³-hybridized carbons (Fsp3) is 0.211. The minimum atomic E-state index is -0.0686. The molecule has 3 nitrogen and oxygen atoms in total. The van der Waals surface area contributed by atoms with Gasteiger partial charge >= 0.3 is 0 Å². The summed E-state index contributed by atoms with van der Waals surface area (Å²) >= 11 is 0. The minimum absolute atomic E-state index is 0.0686. The highest BCUT2D eigenvalue weighted by atomic mass is 16.5. The van der Waals surface area contributed by atoms with Crippen molar-refractivity contribution in [3.63, 3.8) is 0 Å². The fourth-order valence-electron chi connectivity index (χ4n) is 2.26. The van der Waals surface area contributed by atoms with Crippen LogP contribution in [0.25, 0.3) is 6.08 Å². The lowest BCUT2D eigenvalue weighted by Crippen LogP contribution is -1.97. The van der Waals surface area contributed by atoms with Gasteiger partial charge in [0.05, 0.1) is 14.2 Å². The van der Waals surface area contributed by atoms with Crippen LogP contribution in [0.5, 0.6) is 11.5 Å². The van der Waals surface area contributed by atoms with Crippen molar-refractivity contribution in [3.8, 4) is 11.5 Å². The van der Waals surface area contributed by atoms with Crippen molar-refractivity contribution in [2.45, 2.75) is 13.8 Å². The molecule has 0 amide bonds. The molecule has 0 aliphatic heterocycles. The minimum Gasteiger partial charge on any atom is -0.493 e. The number of aryl methyl sites for hydroxylation is 2. The Bertz CT molecular complexity index is 715. The second-order valence-corrected chi connectivity index (χ2v) is 5.13. The van der Waals surface area contributed by atoms with Crippen LogP contribution in [-0.4, -0.2) is 20.0 Å². The van der Waals surface area contributed by atoms with Crippen LogP contribution in [0, 0.1) is 13.8 Å². The molecule has 2 rings (SSSR count). The third kappa shape index (κ3) is 3.55. The Balaban J connectivity index is 2.23. The molecule has 0 atom stereocenters. The Labute approximate surface area is 131 Å². The highest BCUT2D eigenvalue weighted by Gasteiger charge is 2.08. The van der Waals surface area contributed by atoms with Crippen LogP contribution >= 0.6 is 0 Å². The second-order valence-electron chi connectivity index (χ2n) is 5.13. The van der Waals surface area contributed by atoms with Crippen LogP contribution in [0.1, 0.15) is 27.0 Å². The van der Waals surface area contributed by atoms with Crippen LogP contribution in [0.4, 0.5) is 0 Å². The van der Waals surface area contributed by atoms with Crippen molar-refractivity contribution < 1.29 is 14.3 Å². The van der Waals surface area contributed by atoms with E-state index in [4.69, 9.17) is 9.47 Å². The van der Waals surface area contributed by atoms with E-state index in [0.717, 1.165) is 11.1 Å². The maximum atomic E-state index is 12.3. The third-order valence-corrected chi connectivity index (χ3v) is 3.51. The molecule has 0 aliphatic carbocycles. The molecule has 0 bridgehead atoms. The number of carbonyl (C=O) groups is 1. The summed E-state index contributed by atoms with van der Waals surface area (Å²) in [5.74, 6) is 1.09. The number of methoxy groups -OCH3 is 2. The number of rotatable bonds is 5. The van der Waals surface area contributed by atoms with Crippen molar-refractivity contribution in [1.82, 2.24) is 0 Å². The van der Waals surface area contributed by atoms with Gasteiger partial charge in [0.25, 0.3) is 0 Å². The van der Waals surface area contributed by atoms with E-state index in [2.05, 4.69) is 13.0 Å². The zero-order valence-corrected chi connectivity index (χ0v) is 13.3. The van der Waals surface area contributed by atoms with E-state index in [1.165, 1.54) is 5.56 Å². The zero-order valence-electron chi connectivity index (χ0n) is 13.3. The van der Waals surface area contributed by atoms with Crippen LogP contribution in [0.2, 0.25) is 0 Å². The topological polar surface area (TPSA) is 35.5 Å². The summed E-state index contributed by atoms with van der Waals surface area (Å²) in [4.78, 5) is 12.3. The normalized spacial score (nSPS) is 10.7. The first-order chi connectivity index (χ1) is 10.5. The number of hydrogen-bond acceptors (Lipinski definition) is 3. The third-order valence-electron chi connectivity index (χ3n) is 3.51. The standard InChI is InChI=1S/C19H20O3/c1-13-5-6-15(14(2)11-13)7-9-17(20)16-8-10-18(21-3)19(12-16)22-4/h5-12H,1-4H3/b9-7-. The Morgan fingerprint density at radius 2 is 1.68 bits per heavy atom. The van der Waals surface area contributed by atoms with Crippen molar-refractivity contribution in [3.05, 3.63) is 64.7 Å². The molecule has 0 fully saturated rings. The first-order valence-electron chi connectivity index (χ1n) is 7.07. The van der Waals surface area contributed by atoms with Crippen molar-refractivity contribution in [1.29, 1.82) is 0 Å². The Morgan fingerprint density at radius 3 is 2.32 bits per heavy atom. The summed E-state index contributed by atoms with van der Waals surface area (Å²) in [5, 5.41) is 0. The predicted molar refractivity (Wildman–Crippen MR) is 88.8 cm³/mol. The van der Waals surface area contributed by atoms with Gasteiger partial charge in [-0.1, -0.05) is 29.8 Å². The molecule has 0 saturated heterocycles. The molecule has 22 heavy (non-hydrogen) atoms. The van der Waals surface area contributed by atoms with E-state index in [9.17, 15) is 4.79 Å². The van der Waals surface area contributed by atoms with Crippen LogP contribution in [-0.2, 0) is 0 Å². The summed E-state index contributed by atoms with van der Waals surface area (Å²) in [7, 11) is 3.12. The van der Waals surface area contributed by atoms with E-state index in [0.29, 0.717) is 17.1 Å². The van der Waals surface area contributed by atoms with Crippen LogP contribution < -0.4 is 9.47 Å². The summed E-state index contributed by atoms with van der Waals surface area (Å²) in [6.07, 6.45) is 3.42. The van der Waals surface area contributed by atoms with E-state index in [1.807, 2.05) is 25.1 Å². The number of carbonyl (C=O) groups excluding carboxylic acids is 1. The molecule has 0 spiro atoms. The van der Waals surface area contributed by atoms with Gasteiger partial charge in [0, 0.05) is 5.56 Å². The van der Waals surface area contributed by atoms with Gasteiger partial charge in [0.1, 0.15) is 0 Å². The average Bonchev–Trinajstić information content (AvgIpc) is 2.53.